The zero-order valence-corrected chi connectivity index (χ0v) is 12.1. The highest BCUT2D eigenvalue weighted by molar-refractivity contribution is 6.32. The molecular formula is C16H17ClFNO. The normalized spacial score (nSPS) is 10.6. The molecule has 106 valence electrons. The summed E-state index contributed by atoms with van der Waals surface area (Å²) in [5, 5.41) is 3.59. The molecule has 0 aliphatic carbocycles. The zero-order valence-electron chi connectivity index (χ0n) is 11.3. The van der Waals surface area contributed by atoms with Crippen molar-refractivity contribution in [3.63, 3.8) is 0 Å². The minimum absolute atomic E-state index is 0.265. The quantitative estimate of drug-likeness (QED) is 0.775. The van der Waals surface area contributed by atoms with Gasteiger partial charge in [0, 0.05) is 12.1 Å². The van der Waals surface area contributed by atoms with Gasteiger partial charge in [-0.05, 0) is 37.2 Å². The molecule has 0 heterocycles. The molecule has 0 aliphatic heterocycles. The number of rotatable bonds is 6. The van der Waals surface area contributed by atoms with Crippen LogP contribution in [0.2, 0.25) is 5.02 Å². The van der Waals surface area contributed by atoms with Gasteiger partial charge < -0.3 is 10.1 Å². The van der Waals surface area contributed by atoms with Crippen LogP contribution in [0.4, 0.5) is 4.39 Å². The van der Waals surface area contributed by atoms with Gasteiger partial charge in [-0.2, -0.15) is 0 Å². The van der Waals surface area contributed by atoms with Crippen LogP contribution in [0.25, 0.3) is 0 Å². The molecule has 0 amide bonds. The second-order valence-corrected chi connectivity index (χ2v) is 4.87. The lowest BCUT2D eigenvalue weighted by atomic mass is 10.2. The van der Waals surface area contributed by atoms with E-state index >= 15 is 0 Å². The Labute approximate surface area is 123 Å². The van der Waals surface area contributed by atoms with Crippen LogP contribution in [0.15, 0.2) is 42.5 Å². The largest absolute Gasteiger partial charge is 0.455 e. The summed E-state index contributed by atoms with van der Waals surface area (Å²) in [7, 11) is 0. The van der Waals surface area contributed by atoms with Gasteiger partial charge in [0.2, 0.25) is 0 Å². The molecule has 0 unspecified atom stereocenters. The Morgan fingerprint density at radius 1 is 1.15 bits per heavy atom. The minimum Gasteiger partial charge on any atom is -0.455 e. The summed E-state index contributed by atoms with van der Waals surface area (Å²) in [6.45, 7) is 3.79. The van der Waals surface area contributed by atoms with Crippen molar-refractivity contribution in [1.29, 1.82) is 0 Å². The van der Waals surface area contributed by atoms with E-state index in [0.29, 0.717) is 5.75 Å². The molecule has 0 radical (unpaired) electrons. The molecule has 20 heavy (non-hydrogen) atoms. The third-order valence-corrected chi connectivity index (χ3v) is 3.12. The summed E-state index contributed by atoms with van der Waals surface area (Å²) >= 11 is 5.98. The number of ether oxygens (including phenoxy) is 1. The van der Waals surface area contributed by atoms with Crippen molar-refractivity contribution in [2.45, 2.75) is 19.9 Å². The van der Waals surface area contributed by atoms with E-state index < -0.39 is 0 Å². The van der Waals surface area contributed by atoms with Crippen LogP contribution in [-0.2, 0) is 6.54 Å². The first-order valence-corrected chi connectivity index (χ1v) is 7.00. The van der Waals surface area contributed by atoms with Gasteiger partial charge in [0.25, 0.3) is 0 Å². The van der Waals surface area contributed by atoms with E-state index in [1.54, 1.807) is 0 Å². The van der Waals surface area contributed by atoms with Gasteiger partial charge in [-0.25, -0.2) is 4.39 Å². The first-order chi connectivity index (χ1) is 9.70. The smallest absolute Gasteiger partial charge is 0.146 e. The van der Waals surface area contributed by atoms with Gasteiger partial charge in [-0.3, -0.25) is 0 Å². The maximum atomic E-state index is 13.0. The van der Waals surface area contributed by atoms with Crippen LogP contribution in [0.1, 0.15) is 18.9 Å². The number of benzene rings is 2. The Balaban J connectivity index is 2.16. The molecule has 2 rings (SSSR count). The van der Waals surface area contributed by atoms with Crippen molar-refractivity contribution >= 4 is 11.6 Å². The highest BCUT2D eigenvalue weighted by atomic mass is 35.5. The minimum atomic E-state index is -0.375. The third kappa shape index (κ3) is 3.95. The fraction of sp³-hybridized carbons (Fsp3) is 0.250. The van der Waals surface area contributed by atoms with Crippen LogP contribution in [0.3, 0.4) is 0 Å². The zero-order chi connectivity index (χ0) is 14.4. The third-order valence-electron chi connectivity index (χ3n) is 2.83. The molecule has 0 fully saturated rings. The average Bonchev–Trinajstić information content (AvgIpc) is 2.44. The Morgan fingerprint density at radius 3 is 2.70 bits per heavy atom. The summed E-state index contributed by atoms with van der Waals surface area (Å²) in [6, 6.07) is 11.8. The summed E-state index contributed by atoms with van der Waals surface area (Å²) in [5.74, 6) is 0.806. The number of hydrogen-bond donors (Lipinski definition) is 1. The molecule has 2 aromatic rings. The Bertz CT molecular complexity index is 574. The standard InChI is InChI=1S/C16H17ClFNO/c1-2-9-19-11-12-5-3-4-6-15(12)20-16-8-7-13(18)10-14(16)17/h3-8,10,19H,2,9,11H2,1H3. The first-order valence-electron chi connectivity index (χ1n) is 6.62. The van der Waals surface area contributed by atoms with Gasteiger partial charge in [-0.1, -0.05) is 36.7 Å². The van der Waals surface area contributed by atoms with Gasteiger partial charge in [-0.15, -0.1) is 0 Å². The average molecular weight is 294 g/mol. The Hall–Kier alpha value is -1.58. The number of halogens is 2. The topological polar surface area (TPSA) is 21.3 Å². The summed E-state index contributed by atoms with van der Waals surface area (Å²) in [4.78, 5) is 0. The van der Waals surface area contributed by atoms with Crippen LogP contribution in [0, 0.1) is 5.82 Å². The Morgan fingerprint density at radius 2 is 1.95 bits per heavy atom. The molecule has 0 bridgehead atoms. The van der Waals surface area contributed by atoms with E-state index in [0.717, 1.165) is 30.8 Å². The predicted octanol–water partition coefficient (Wildman–Crippen LogP) is 4.77. The lowest BCUT2D eigenvalue weighted by Crippen LogP contribution is -2.14. The molecule has 0 spiro atoms. The molecule has 0 aliphatic rings. The van der Waals surface area contributed by atoms with E-state index in [1.807, 2.05) is 24.3 Å². The lowest BCUT2D eigenvalue weighted by Gasteiger charge is -2.12. The molecule has 4 heteroatoms. The van der Waals surface area contributed by atoms with Crippen LogP contribution in [0.5, 0.6) is 11.5 Å². The van der Waals surface area contributed by atoms with E-state index in [9.17, 15) is 4.39 Å². The molecular weight excluding hydrogens is 277 g/mol. The summed E-state index contributed by atoms with van der Waals surface area (Å²) < 4.78 is 18.8. The van der Waals surface area contributed by atoms with Crippen molar-refractivity contribution in [3.05, 3.63) is 58.9 Å². The van der Waals surface area contributed by atoms with Crippen molar-refractivity contribution in [2.75, 3.05) is 6.54 Å². The van der Waals surface area contributed by atoms with Crippen molar-refractivity contribution in [3.8, 4) is 11.5 Å². The fourth-order valence-corrected chi connectivity index (χ4v) is 2.03. The molecule has 2 nitrogen and oxygen atoms in total. The van der Waals surface area contributed by atoms with E-state index in [-0.39, 0.29) is 10.8 Å². The number of nitrogens with one attached hydrogen (secondary N) is 1. The molecule has 0 saturated heterocycles. The highest BCUT2D eigenvalue weighted by Gasteiger charge is 2.08. The predicted molar refractivity (Wildman–Crippen MR) is 79.9 cm³/mol. The van der Waals surface area contributed by atoms with Gasteiger partial charge in [0.1, 0.15) is 17.3 Å². The van der Waals surface area contributed by atoms with Crippen LogP contribution >= 0.6 is 11.6 Å². The van der Waals surface area contributed by atoms with Gasteiger partial charge >= 0.3 is 0 Å². The van der Waals surface area contributed by atoms with E-state index in [1.165, 1.54) is 18.2 Å². The van der Waals surface area contributed by atoms with E-state index in [2.05, 4.69) is 12.2 Å². The number of hydrogen-bond acceptors (Lipinski definition) is 2. The highest BCUT2D eigenvalue weighted by Crippen LogP contribution is 2.31. The molecule has 1 N–H and O–H groups in total. The Kier molecular flexibility index (Phi) is 5.39. The maximum Gasteiger partial charge on any atom is 0.146 e. The molecule has 0 aromatic heterocycles. The summed E-state index contributed by atoms with van der Waals surface area (Å²) in [5.41, 5.74) is 1.04. The maximum absolute atomic E-state index is 13.0. The van der Waals surface area contributed by atoms with Crippen molar-refractivity contribution in [2.24, 2.45) is 0 Å². The second kappa shape index (κ2) is 7.27. The monoisotopic (exact) mass is 293 g/mol. The van der Waals surface area contributed by atoms with Crippen LogP contribution in [-0.4, -0.2) is 6.54 Å². The molecule has 0 saturated carbocycles. The number of para-hydroxylation sites is 1. The lowest BCUT2D eigenvalue weighted by molar-refractivity contribution is 0.471. The fourth-order valence-electron chi connectivity index (χ4n) is 1.83. The second-order valence-electron chi connectivity index (χ2n) is 4.46. The molecule has 2 aromatic carbocycles. The summed E-state index contributed by atoms with van der Waals surface area (Å²) in [6.07, 6.45) is 1.08. The van der Waals surface area contributed by atoms with Crippen molar-refractivity contribution in [1.82, 2.24) is 5.32 Å². The van der Waals surface area contributed by atoms with Gasteiger partial charge in [0.15, 0.2) is 0 Å². The SMILES string of the molecule is CCCNCc1ccccc1Oc1ccc(F)cc1Cl. The molecule has 0 atom stereocenters. The van der Waals surface area contributed by atoms with Crippen molar-refractivity contribution < 1.29 is 9.13 Å². The van der Waals surface area contributed by atoms with Crippen LogP contribution < -0.4 is 10.1 Å². The van der Waals surface area contributed by atoms with Gasteiger partial charge in [0.05, 0.1) is 5.02 Å². The first kappa shape index (κ1) is 14.8. The van der Waals surface area contributed by atoms with E-state index in [4.69, 9.17) is 16.3 Å².